The average molecular weight is 464 g/mol. The molecule has 0 aliphatic carbocycles. The van der Waals surface area contributed by atoms with Crippen molar-refractivity contribution >= 4 is 11.6 Å². The first-order chi connectivity index (χ1) is 15.9. The molecule has 9 heteroatoms. The van der Waals surface area contributed by atoms with E-state index in [-0.39, 0.29) is 24.0 Å². The summed E-state index contributed by atoms with van der Waals surface area (Å²) in [6.07, 6.45) is 0. The van der Waals surface area contributed by atoms with Gasteiger partial charge in [-0.1, -0.05) is 18.2 Å². The molecule has 180 valence electrons. The molecule has 1 saturated heterocycles. The first-order valence-corrected chi connectivity index (χ1v) is 11.0. The zero-order chi connectivity index (χ0) is 23.6. The Hall–Kier alpha value is -2.75. The van der Waals surface area contributed by atoms with Crippen LogP contribution >= 0.6 is 0 Å². The maximum atomic E-state index is 12.6. The lowest BCUT2D eigenvalue weighted by Crippen LogP contribution is -2.35. The summed E-state index contributed by atoms with van der Waals surface area (Å²) in [6, 6.07) is 12.7. The number of carbonyl (C=O) groups excluding carboxylic acids is 1. The third-order valence-corrected chi connectivity index (χ3v) is 5.14. The average Bonchev–Trinajstić information content (AvgIpc) is 2.77. The number of nitrogens with one attached hydrogen (secondary N) is 1. The summed E-state index contributed by atoms with van der Waals surface area (Å²) >= 11 is 0. The molecule has 2 aromatic carbocycles. The van der Waals surface area contributed by atoms with E-state index in [1.165, 1.54) is 11.6 Å². The molecule has 1 aliphatic heterocycles. The van der Waals surface area contributed by atoms with Gasteiger partial charge in [-0.3, -0.25) is 14.6 Å². The summed E-state index contributed by atoms with van der Waals surface area (Å²) in [5, 5.41) is 2.91. The monoisotopic (exact) mass is 463 g/mol. The Kier molecular flexibility index (Phi) is 9.41. The second kappa shape index (κ2) is 12.5. The Labute approximate surface area is 193 Å². The molecule has 0 atom stereocenters. The van der Waals surface area contributed by atoms with Crippen molar-refractivity contribution in [2.45, 2.75) is 26.6 Å². The number of alkyl halides is 2. The van der Waals surface area contributed by atoms with Gasteiger partial charge >= 0.3 is 6.61 Å². The number of anilines is 1. The van der Waals surface area contributed by atoms with Crippen LogP contribution in [0.3, 0.4) is 0 Å². The fourth-order valence-corrected chi connectivity index (χ4v) is 3.64. The summed E-state index contributed by atoms with van der Waals surface area (Å²) in [4.78, 5) is 16.6. The Bertz CT molecular complexity index is 890. The van der Waals surface area contributed by atoms with Crippen LogP contribution < -0.4 is 14.8 Å². The second-order valence-electron chi connectivity index (χ2n) is 7.90. The molecular weight excluding hydrogens is 432 g/mol. The highest BCUT2D eigenvalue weighted by molar-refractivity contribution is 5.92. The maximum Gasteiger partial charge on any atom is 0.387 e. The van der Waals surface area contributed by atoms with Crippen LogP contribution in [0.1, 0.15) is 18.1 Å². The van der Waals surface area contributed by atoms with Crippen molar-refractivity contribution in [3.05, 3.63) is 53.6 Å². The van der Waals surface area contributed by atoms with Gasteiger partial charge in [0.1, 0.15) is 0 Å². The molecule has 3 rings (SSSR count). The number of benzene rings is 2. The number of rotatable bonds is 11. The summed E-state index contributed by atoms with van der Waals surface area (Å²) in [5.74, 6) is 0.111. The quantitative estimate of drug-likeness (QED) is 0.550. The van der Waals surface area contributed by atoms with Gasteiger partial charge in [0.2, 0.25) is 5.91 Å². The molecule has 2 aromatic rings. The Morgan fingerprint density at radius 1 is 1.12 bits per heavy atom. The van der Waals surface area contributed by atoms with E-state index in [0.29, 0.717) is 13.2 Å². The van der Waals surface area contributed by atoms with Gasteiger partial charge in [-0.05, 0) is 49.4 Å². The summed E-state index contributed by atoms with van der Waals surface area (Å²) in [7, 11) is 1.81. The highest BCUT2D eigenvalue weighted by Gasteiger charge is 2.14. The Balaban J connectivity index is 1.49. The van der Waals surface area contributed by atoms with Crippen molar-refractivity contribution in [3.8, 4) is 11.5 Å². The lowest BCUT2D eigenvalue weighted by molar-refractivity contribution is -0.117. The van der Waals surface area contributed by atoms with Crippen LogP contribution in [0.25, 0.3) is 0 Å². The van der Waals surface area contributed by atoms with Gasteiger partial charge in [0.25, 0.3) is 0 Å². The molecule has 0 spiro atoms. The first kappa shape index (κ1) is 24.9. The smallest absolute Gasteiger partial charge is 0.387 e. The fraction of sp³-hybridized carbons (Fsp3) is 0.458. The minimum atomic E-state index is -2.92. The lowest BCUT2D eigenvalue weighted by atomic mass is 10.2. The van der Waals surface area contributed by atoms with E-state index < -0.39 is 6.61 Å². The van der Waals surface area contributed by atoms with Crippen LogP contribution in [-0.2, 0) is 22.6 Å². The standard InChI is InChI=1S/C24H31F2N3O4/c1-3-32-22-14-19(6-9-21(22)33-24(25)26)15-28(2)17-23(30)27-20-7-4-18(5-8-20)16-29-10-12-31-13-11-29/h4-9,14,24H,3,10-13,15-17H2,1-2H3,(H,27,30). The van der Waals surface area contributed by atoms with Crippen LogP contribution in [0.15, 0.2) is 42.5 Å². The number of likely N-dealkylation sites (N-methyl/N-ethyl adjacent to an activating group) is 1. The van der Waals surface area contributed by atoms with E-state index in [1.807, 2.05) is 36.2 Å². The van der Waals surface area contributed by atoms with Crippen molar-refractivity contribution in [2.75, 3.05) is 51.8 Å². The van der Waals surface area contributed by atoms with Gasteiger partial charge in [-0.25, -0.2) is 0 Å². The Morgan fingerprint density at radius 2 is 1.82 bits per heavy atom. The zero-order valence-corrected chi connectivity index (χ0v) is 19.1. The molecule has 7 nitrogen and oxygen atoms in total. The molecule has 1 heterocycles. The van der Waals surface area contributed by atoms with E-state index in [1.54, 1.807) is 19.1 Å². The fourth-order valence-electron chi connectivity index (χ4n) is 3.64. The van der Waals surface area contributed by atoms with E-state index in [0.717, 1.165) is 44.1 Å². The van der Waals surface area contributed by atoms with Crippen LogP contribution in [-0.4, -0.2) is 68.8 Å². The third-order valence-electron chi connectivity index (χ3n) is 5.14. The molecule has 0 radical (unpaired) electrons. The predicted octanol–water partition coefficient (Wildman–Crippen LogP) is 3.59. The van der Waals surface area contributed by atoms with Gasteiger partial charge < -0.3 is 19.5 Å². The predicted molar refractivity (Wildman–Crippen MR) is 122 cm³/mol. The van der Waals surface area contributed by atoms with Gasteiger partial charge in [0.05, 0.1) is 26.4 Å². The minimum Gasteiger partial charge on any atom is -0.490 e. The van der Waals surface area contributed by atoms with Gasteiger partial charge in [0, 0.05) is 31.9 Å². The first-order valence-electron chi connectivity index (χ1n) is 11.0. The molecule has 0 saturated carbocycles. The number of halogens is 2. The highest BCUT2D eigenvalue weighted by atomic mass is 19.3. The molecule has 1 fully saturated rings. The van der Waals surface area contributed by atoms with E-state index in [4.69, 9.17) is 9.47 Å². The number of nitrogens with zero attached hydrogens (tertiary/aromatic N) is 2. The number of hydrogen-bond acceptors (Lipinski definition) is 6. The van der Waals surface area contributed by atoms with Crippen molar-refractivity contribution in [1.29, 1.82) is 0 Å². The third kappa shape index (κ3) is 8.27. The van der Waals surface area contributed by atoms with Crippen LogP contribution in [0.5, 0.6) is 11.5 Å². The van der Waals surface area contributed by atoms with E-state index >= 15 is 0 Å². The van der Waals surface area contributed by atoms with Crippen molar-refractivity contribution in [3.63, 3.8) is 0 Å². The van der Waals surface area contributed by atoms with E-state index in [2.05, 4.69) is 15.0 Å². The van der Waals surface area contributed by atoms with Gasteiger partial charge in [0.15, 0.2) is 11.5 Å². The molecular formula is C24H31F2N3O4. The summed E-state index contributed by atoms with van der Waals surface area (Å²) in [5.41, 5.74) is 2.76. The molecule has 1 aliphatic rings. The second-order valence-corrected chi connectivity index (χ2v) is 7.90. The van der Waals surface area contributed by atoms with Crippen LogP contribution in [0, 0.1) is 0 Å². The number of ether oxygens (including phenoxy) is 3. The summed E-state index contributed by atoms with van der Waals surface area (Å²) in [6.45, 7) is 4.05. The lowest BCUT2D eigenvalue weighted by Gasteiger charge is -2.26. The number of hydrogen-bond donors (Lipinski definition) is 1. The molecule has 33 heavy (non-hydrogen) atoms. The maximum absolute atomic E-state index is 12.6. The van der Waals surface area contributed by atoms with Crippen molar-refractivity contribution in [2.24, 2.45) is 0 Å². The zero-order valence-electron chi connectivity index (χ0n) is 19.1. The highest BCUT2D eigenvalue weighted by Crippen LogP contribution is 2.30. The van der Waals surface area contributed by atoms with Gasteiger partial charge in [-0.2, -0.15) is 8.78 Å². The topological polar surface area (TPSA) is 63.3 Å². The number of morpholine rings is 1. The van der Waals surface area contributed by atoms with E-state index in [9.17, 15) is 13.6 Å². The Morgan fingerprint density at radius 3 is 2.48 bits per heavy atom. The van der Waals surface area contributed by atoms with Crippen LogP contribution in [0.2, 0.25) is 0 Å². The number of amides is 1. The molecule has 0 aromatic heterocycles. The largest absolute Gasteiger partial charge is 0.490 e. The molecule has 1 N–H and O–H groups in total. The normalized spacial score (nSPS) is 14.5. The minimum absolute atomic E-state index is 0.00642. The SMILES string of the molecule is CCOc1cc(CN(C)CC(=O)Nc2ccc(CN3CCOCC3)cc2)ccc1OC(F)F. The number of carbonyl (C=O) groups is 1. The van der Waals surface area contributed by atoms with Crippen molar-refractivity contribution in [1.82, 2.24) is 9.80 Å². The molecule has 1 amide bonds. The van der Waals surface area contributed by atoms with Crippen LogP contribution in [0.4, 0.5) is 14.5 Å². The summed E-state index contributed by atoms with van der Waals surface area (Å²) < 4.78 is 40.4. The van der Waals surface area contributed by atoms with Crippen molar-refractivity contribution < 1.29 is 27.8 Å². The molecule has 0 unspecified atom stereocenters. The molecule has 0 bridgehead atoms. The van der Waals surface area contributed by atoms with Gasteiger partial charge in [-0.15, -0.1) is 0 Å².